The quantitative estimate of drug-likeness (QED) is 0.825. The number of hydrogen-bond acceptors (Lipinski definition) is 5. The van der Waals surface area contributed by atoms with Crippen molar-refractivity contribution in [3.8, 4) is 0 Å². The van der Waals surface area contributed by atoms with Gasteiger partial charge in [-0.25, -0.2) is 9.78 Å². The van der Waals surface area contributed by atoms with Crippen molar-refractivity contribution in [2.75, 3.05) is 13.1 Å². The first-order chi connectivity index (χ1) is 9.97. The Bertz CT molecular complexity index is 573. The summed E-state index contributed by atoms with van der Waals surface area (Å²) in [5, 5.41) is 6.24. The highest BCUT2D eigenvalue weighted by Gasteiger charge is 2.48. The van der Waals surface area contributed by atoms with Gasteiger partial charge < -0.3 is 5.32 Å². The number of aromatic nitrogens is 1. The fraction of sp³-hybridized carbons (Fsp3) is 0.643. The number of carbonyl (C=O) groups is 2. The van der Waals surface area contributed by atoms with Crippen molar-refractivity contribution in [2.45, 2.75) is 38.8 Å². The Morgan fingerprint density at radius 3 is 2.95 bits per heavy atom. The van der Waals surface area contributed by atoms with Gasteiger partial charge >= 0.3 is 6.03 Å². The van der Waals surface area contributed by atoms with Crippen molar-refractivity contribution in [3.05, 3.63) is 16.1 Å². The molecular formula is C14H20N4O2S. The predicted molar refractivity (Wildman–Crippen MR) is 79.9 cm³/mol. The number of piperidine rings is 1. The van der Waals surface area contributed by atoms with Crippen LogP contribution in [-0.2, 0) is 11.3 Å². The average Bonchev–Trinajstić information content (AvgIpc) is 2.94. The van der Waals surface area contributed by atoms with Gasteiger partial charge in [0.25, 0.3) is 5.91 Å². The Hall–Kier alpha value is -1.47. The minimum absolute atomic E-state index is 0.145. The molecule has 0 spiro atoms. The molecule has 1 aromatic rings. The Kier molecular flexibility index (Phi) is 3.71. The summed E-state index contributed by atoms with van der Waals surface area (Å²) in [6, 6.07) is -0.377. The maximum Gasteiger partial charge on any atom is 0.322 e. The van der Waals surface area contributed by atoms with Crippen LogP contribution in [0.2, 0.25) is 0 Å². The molecule has 114 valence electrons. The van der Waals surface area contributed by atoms with E-state index in [-0.39, 0.29) is 17.9 Å². The number of nitrogens with one attached hydrogen (secondary N) is 2. The first kappa shape index (κ1) is 14.5. The van der Waals surface area contributed by atoms with Crippen LogP contribution in [0.25, 0.3) is 0 Å². The molecule has 0 radical (unpaired) electrons. The highest BCUT2D eigenvalue weighted by molar-refractivity contribution is 7.11. The van der Waals surface area contributed by atoms with Gasteiger partial charge in [-0.15, -0.1) is 11.3 Å². The molecule has 0 unspecified atom stereocenters. The summed E-state index contributed by atoms with van der Waals surface area (Å²) in [4.78, 5) is 31.4. The summed E-state index contributed by atoms with van der Waals surface area (Å²) in [6.45, 7) is 6.55. The summed E-state index contributed by atoms with van der Waals surface area (Å²) < 4.78 is 0. The van der Waals surface area contributed by atoms with E-state index in [1.54, 1.807) is 11.3 Å². The van der Waals surface area contributed by atoms with Crippen LogP contribution in [0.3, 0.4) is 0 Å². The smallest absolute Gasteiger partial charge is 0.322 e. The number of urea groups is 1. The molecule has 2 atom stereocenters. The van der Waals surface area contributed by atoms with E-state index in [1.807, 2.05) is 20.0 Å². The molecule has 3 rings (SSSR count). The van der Waals surface area contributed by atoms with Gasteiger partial charge in [0.1, 0.15) is 5.54 Å². The van der Waals surface area contributed by atoms with Gasteiger partial charge in [-0.05, 0) is 33.2 Å². The second-order valence-electron chi connectivity index (χ2n) is 6.03. The number of aryl methyl sites for hydroxylation is 1. The molecule has 2 aliphatic rings. The van der Waals surface area contributed by atoms with Crippen molar-refractivity contribution in [1.82, 2.24) is 20.5 Å². The maximum absolute atomic E-state index is 12.1. The lowest BCUT2D eigenvalue weighted by molar-refractivity contribution is -0.126. The zero-order valence-corrected chi connectivity index (χ0v) is 13.1. The molecule has 1 aromatic heterocycles. The fourth-order valence-electron chi connectivity index (χ4n) is 3.21. The van der Waals surface area contributed by atoms with Crippen molar-refractivity contribution >= 4 is 23.3 Å². The van der Waals surface area contributed by atoms with E-state index in [0.717, 1.165) is 37.5 Å². The number of thiazole rings is 1. The largest absolute Gasteiger partial charge is 0.323 e. The van der Waals surface area contributed by atoms with Gasteiger partial charge in [-0.2, -0.15) is 0 Å². The molecule has 0 saturated carbocycles. The standard InChI is InChI=1S/C14H20N4O2S/c1-9-15-6-11(21-9)8-18-5-3-4-10(7-18)14(2)12(19)16-13(20)17-14/h6,10H,3-5,7-8H2,1-2H3,(H2,16,17,19,20)/t10-,14-/m1/s1. The summed E-state index contributed by atoms with van der Waals surface area (Å²) in [5.74, 6) is -0.0558. The Labute approximate surface area is 127 Å². The van der Waals surface area contributed by atoms with E-state index in [9.17, 15) is 9.59 Å². The lowest BCUT2D eigenvalue weighted by atomic mass is 9.80. The molecule has 6 nitrogen and oxygen atoms in total. The van der Waals surface area contributed by atoms with Crippen LogP contribution in [0.1, 0.15) is 29.7 Å². The van der Waals surface area contributed by atoms with Crippen molar-refractivity contribution < 1.29 is 9.59 Å². The third-order valence-electron chi connectivity index (χ3n) is 4.44. The molecule has 21 heavy (non-hydrogen) atoms. The Balaban J connectivity index is 1.68. The maximum atomic E-state index is 12.1. The van der Waals surface area contributed by atoms with Crippen molar-refractivity contribution in [3.63, 3.8) is 0 Å². The Morgan fingerprint density at radius 2 is 2.33 bits per heavy atom. The molecule has 2 saturated heterocycles. The lowest BCUT2D eigenvalue weighted by Crippen LogP contribution is -2.55. The van der Waals surface area contributed by atoms with Gasteiger partial charge in [-0.3, -0.25) is 15.0 Å². The van der Waals surface area contributed by atoms with Gasteiger partial charge in [0.15, 0.2) is 0 Å². The van der Waals surface area contributed by atoms with E-state index in [0.29, 0.717) is 0 Å². The minimum atomic E-state index is -0.778. The summed E-state index contributed by atoms with van der Waals surface area (Å²) in [5.41, 5.74) is -0.778. The van der Waals surface area contributed by atoms with E-state index in [2.05, 4.69) is 20.5 Å². The highest BCUT2D eigenvalue weighted by atomic mass is 32.1. The number of amides is 3. The van der Waals surface area contributed by atoms with Gasteiger partial charge in [0, 0.05) is 30.1 Å². The number of imide groups is 1. The number of hydrogen-bond donors (Lipinski definition) is 2. The number of likely N-dealkylation sites (tertiary alicyclic amines) is 1. The molecule has 0 aliphatic carbocycles. The summed E-state index contributed by atoms with van der Waals surface area (Å²) in [6.07, 6.45) is 3.93. The number of rotatable bonds is 3. The van der Waals surface area contributed by atoms with E-state index < -0.39 is 5.54 Å². The molecule has 7 heteroatoms. The third kappa shape index (κ3) is 2.80. The molecule has 2 aliphatic heterocycles. The zero-order chi connectivity index (χ0) is 15.0. The Morgan fingerprint density at radius 1 is 1.52 bits per heavy atom. The normalized spacial score (nSPS) is 30.3. The number of carbonyl (C=O) groups excluding carboxylic acids is 2. The molecular weight excluding hydrogens is 288 g/mol. The molecule has 2 N–H and O–H groups in total. The minimum Gasteiger partial charge on any atom is -0.323 e. The van der Waals surface area contributed by atoms with Crippen molar-refractivity contribution in [2.24, 2.45) is 5.92 Å². The van der Waals surface area contributed by atoms with Crippen LogP contribution in [0.15, 0.2) is 6.20 Å². The summed E-state index contributed by atoms with van der Waals surface area (Å²) in [7, 11) is 0. The first-order valence-corrected chi connectivity index (χ1v) is 8.06. The molecule has 3 amide bonds. The third-order valence-corrected chi connectivity index (χ3v) is 5.34. The van der Waals surface area contributed by atoms with E-state index in [1.165, 1.54) is 4.88 Å². The first-order valence-electron chi connectivity index (χ1n) is 7.24. The second kappa shape index (κ2) is 5.38. The van der Waals surface area contributed by atoms with Gasteiger partial charge in [-0.1, -0.05) is 0 Å². The predicted octanol–water partition coefficient (Wildman–Crippen LogP) is 1.26. The molecule has 0 aromatic carbocycles. The van der Waals surface area contributed by atoms with E-state index >= 15 is 0 Å². The van der Waals surface area contributed by atoms with Crippen LogP contribution < -0.4 is 10.6 Å². The second-order valence-corrected chi connectivity index (χ2v) is 7.35. The molecule has 0 bridgehead atoms. The monoisotopic (exact) mass is 308 g/mol. The van der Waals surface area contributed by atoms with E-state index in [4.69, 9.17) is 0 Å². The number of nitrogens with zero attached hydrogens (tertiary/aromatic N) is 2. The van der Waals surface area contributed by atoms with Gasteiger partial charge in [0.2, 0.25) is 0 Å². The molecule has 3 heterocycles. The fourth-order valence-corrected chi connectivity index (χ4v) is 4.05. The highest BCUT2D eigenvalue weighted by Crippen LogP contribution is 2.30. The van der Waals surface area contributed by atoms with Crippen LogP contribution in [-0.4, -0.2) is 40.5 Å². The lowest BCUT2D eigenvalue weighted by Gasteiger charge is -2.39. The van der Waals surface area contributed by atoms with Gasteiger partial charge in [0.05, 0.1) is 5.01 Å². The van der Waals surface area contributed by atoms with Crippen LogP contribution in [0.4, 0.5) is 4.79 Å². The molecule has 2 fully saturated rings. The SMILES string of the molecule is Cc1ncc(CN2CCC[C@@H]([C@@]3(C)NC(=O)NC3=O)C2)s1. The van der Waals surface area contributed by atoms with Crippen LogP contribution in [0, 0.1) is 12.8 Å². The van der Waals surface area contributed by atoms with Crippen molar-refractivity contribution in [1.29, 1.82) is 0 Å². The van der Waals surface area contributed by atoms with Crippen LogP contribution in [0.5, 0.6) is 0 Å². The zero-order valence-electron chi connectivity index (χ0n) is 12.3. The average molecular weight is 308 g/mol. The van der Waals surface area contributed by atoms with Crippen LogP contribution >= 0.6 is 11.3 Å². The summed E-state index contributed by atoms with van der Waals surface area (Å²) >= 11 is 1.71. The topological polar surface area (TPSA) is 74.3 Å².